The minimum absolute atomic E-state index is 0.0270. The first-order valence-corrected chi connectivity index (χ1v) is 10.4. The summed E-state index contributed by atoms with van der Waals surface area (Å²) in [6, 6.07) is 2.85. The summed E-state index contributed by atoms with van der Waals surface area (Å²) in [6.07, 6.45) is 4.96. The second-order valence-electron chi connectivity index (χ2n) is 6.33. The Morgan fingerprint density at radius 3 is 2.93 bits per heavy atom. The van der Waals surface area contributed by atoms with Gasteiger partial charge in [0, 0.05) is 11.8 Å². The van der Waals surface area contributed by atoms with E-state index >= 15 is 0 Å². The van der Waals surface area contributed by atoms with Gasteiger partial charge in [-0.3, -0.25) is 9.69 Å². The predicted octanol–water partition coefficient (Wildman–Crippen LogP) is -0.107. The fourth-order valence-electron chi connectivity index (χ4n) is 3.17. The quantitative estimate of drug-likeness (QED) is 0.322. The van der Waals surface area contributed by atoms with Crippen molar-refractivity contribution in [3.05, 3.63) is 47.3 Å². The van der Waals surface area contributed by atoms with Crippen LogP contribution in [0.25, 0.3) is 5.65 Å². The number of hydrogen-bond acceptors (Lipinski definition) is 7. The molecule has 29 heavy (non-hydrogen) atoms. The highest BCUT2D eigenvalue weighted by molar-refractivity contribution is 8.02. The van der Waals surface area contributed by atoms with Gasteiger partial charge in [0.05, 0.1) is 0 Å². The largest absolute Gasteiger partial charge is 0.478 e. The molecule has 0 radical (unpaired) electrons. The van der Waals surface area contributed by atoms with Gasteiger partial charge in [-0.15, -0.1) is 16.3 Å². The molecule has 2 aliphatic heterocycles. The van der Waals surface area contributed by atoms with Crippen LogP contribution in [-0.4, -0.2) is 59.7 Å². The molecule has 2 aromatic heterocycles. The van der Waals surface area contributed by atoms with Gasteiger partial charge in [-0.05, 0) is 23.1 Å². The molecule has 4 heterocycles. The third kappa shape index (κ3) is 3.50. The van der Waals surface area contributed by atoms with E-state index in [1.54, 1.807) is 45.1 Å². The number of carboxylic acids is 2. The molecule has 0 aliphatic carbocycles. The van der Waals surface area contributed by atoms with E-state index in [4.69, 9.17) is 10.8 Å². The fourth-order valence-corrected chi connectivity index (χ4v) is 5.08. The van der Waals surface area contributed by atoms with Crippen molar-refractivity contribution in [1.29, 1.82) is 0 Å². The molecule has 150 valence electrons. The Labute approximate surface area is 172 Å². The molecule has 12 heteroatoms. The minimum Gasteiger partial charge on any atom is -0.478 e. The number of fused-ring (bicyclic) bond motifs is 2. The molecule has 1 amide bonds. The van der Waals surface area contributed by atoms with Crippen molar-refractivity contribution in [2.75, 3.05) is 5.75 Å². The molecular formula is C17H16N5O5S2+. The van der Waals surface area contributed by atoms with E-state index in [1.165, 1.54) is 28.4 Å². The lowest BCUT2D eigenvalue weighted by Gasteiger charge is -2.47. The normalized spacial score (nSPS) is 21.6. The van der Waals surface area contributed by atoms with E-state index in [0.717, 1.165) is 0 Å². The van der Waals surface area contributed by atoms with E-state index in [9.17, 15) is 19.5 Å². The Bertz CT molecular complexity index is 1100. The van der Waals surface area contributed by atoms with Crippen LogP contribution >= 0.6 is 23.5 Å². The number of hydrogen-bond donors (Lipinski definition) is 3. The molecule has 1 fully saturated rings. The van der Waals surface area contributed by atoms with Gasteiger partial charge in [-0.25, -0.2) is 14.2 Å². The smallest absolute Gasteiger partial charge is 0.352 e. The van der Waals surface area contributed by atoms with Crippen molar-refractivity contribution in [1.82, 2.24) is 14.5 Å². The maximum Gasteiger partial charge on any atom is 0.352 e. The first-order valence-electron chi connectivity index (χ1n) is 8.46. The Kier molecular flexibility index (Phi) is 5.06. The number of carboxylic acid groups (broad SMARTS) is 2. The van der Waals surface area contributed by atoms with Crippen LogP contribution in [0.15, 0.2) is 52.3 Å². The highest BCUT2D eigenvalue weighted by Gasteiger charge is 2.51. The van der Waals surface area contributed by atoms with E-state index in [2.05, 4.69) is 5.10 Å². The number of imidazole rings is 1. The summed E-state index contributed by atoms with van der Waals surface area (Å²) >= 11 is 2.72. The summed E-state index contributed by atoms with van der Waals surface area (Å²) in [5, 5.41) is 24.9. The van der Waals surface area contributed by atoms with Crippen LogP contribution in [0, 0.1) is 0 Å². The Morgan fingerprint density at radius 1 is 1.41 bits per heavy atom. The van der Waals surface area contributed by atoms with Gasteiger partial charge in [0.15, 0.2) is 12.7 Å². The number of aliphatic carboxylic acids is 2. The Balaban J connectivity index is 1.53. The van der Waals surface area contributed by atoms with Gasteiger partial charge in [0.1, 0.15) is 28.3 Å². The summed E-state index contributed by atoms with van der Waals surface area (Å²) in [5.74, 6) is -2.04. The minimum atomic E-state index is -1.16. The van der Waals surface area contributed by atoms with Crippen LogP contribution in [0.5, 0.6) is 0 Å². The number of carbonyl (C=O) groups is 3. The molecule has 0 aromatic carbocycles. The average molecular weight is 434 g/mol. The third-order valence-corrected chi connectivity index (χ3v) is 6.56. The molecular weight excluding hydrogens is 418 g/mol. The zero-order chi connectivity index (χ0) is 20.7. The maximum absolute atomic E-state index is 12.0. The second kappa shape index (κ2) is 7.54. The SMILES string of the molecule is N[C@@H]1C(=O)N2C(C(=O)O)=C(/C=C/Sc3ccc4n(cc[n+]4CC(=O)O)n3)CS[C@H]12. The van der Waals surface area contributed by atoms with Crippen molar-refractivity contribution in [3.8, 4) is 0 Å². The number of nitrogens with zero attached hydrogens (tertiary/aromatic N) is 4. The molecule has 0 saturated carbocycles. The van der Waals surface area contributed by atoms with Crippen LogP contribution in [0.1, 0.15) is 0 Å². The molecule has 4 N–H and O–H groups in total. The van der Waals surface area contributed by atoms with Gasteiger partial charge >= 0.3 is 17.6 Å². The van der Waals surface area contributed by atoms with Crippen LogP contribution in [0.3, 0.4) is 0 Å². The van der Waals surface area contributed by atoms with E-state index in [-0.39, 0.29) is 23.5 Å². The van der Waals surface area contributed by atoms with Crippen molar-refractivity contribution < 1.29 is 29.2 Å². The number of rotatable bonds is 6. The summed E-state index contributed by atoms with van der Waals surface area (Å²) in [6.45, 7) is -0.159. The molecule has 0 unspecified atom stereocenters. The zero-order valence-electron chi connectivity index (χ0n) is 14.8. The van der Waals surface area contributed by atoms with Gasteiger partial charge in [0.25, 0.3) is 0 Å². The molecule has 4 rings (SSSR count). The molecule has 2 aromatic rings. The Hall–Kier alpha value is -2.83. The lowest BCUT2D eigenvalue weighted by atomic mass is 10.0. The van der Waals surface area contributed by atoms with Crippen molar-refractivity contribution >= 4 is 47.0 Å². The van der Waals surface area contributed by atoms with Crippen molar-refractivity contribution in [2.45, 2.75) is 23.0 Å². The highest BCUT2D eigenvalue weighted by Crippen LogP contribution is 2.40. The number of thioether (sulfide) groups is 2. The van der Waals surface area contributed by atoms with Crippen LogP contribution < -0.4 is 10.3 Å². The molecule has 1 saturated heterocycles. The fraction of sp³-hybridized carbons (Fsp3) is 0.235. The molecule has 0 spiro atoms. The zero-order valence-corrected chi connectivity index (χ0v) is 16.5. The predicted molar refractivity (Wildman–Crippen MR) is 104 cm³/mol. The lowest BCUT2D eigenvalue weighted by Crippen LogP contribution is -2.68. The molecule has 0 bridgehead atoms. The Morgan fingerprint density at radius 2 is 2.21 bits per heavy atom. The first kappa shape index (κ1) is 19.5. The lowest BCUT2D eigenvalue weighted by molar-refractivity contribution is -0.659. The van der Waals surface area contributed by atoms with Gasteiger partial charge in [0.2, 0.25) is 5.91 Å². The van der Waals surface area contributed by atoms with Gasteiger partial charge in [-0.2, -0.15) is 0 Å². The third-order valence-electron chi connectivity index (χ3n) is 4.50. The maximum atomic E-state index is 12.0. The van der Waals surface area contributed by atoms with Crippen molar-refractivity contribution in [3.63, 3.8) is 0 Å². The highest BCUT2D eigenvalue weighted by atomic mass is 32.2. The van der Waals surface area contributed by atoms with Gasteiger partial charge < -0.3 is 15.9 Å². The van der Waals surface area contributed by atoms with E-state index in [0.29, 0.717) is 22.0 Å². The number of carbonyl (C=O) groups excluding carboxylic acids is 1. The monoisotopic (exact) mass is 434 g/mol. The van der Waals surface area contributed by atoms with Crippen LogP contribution in [-0.2, 0) is 20.9 Å². The van der Waals surface area contributed by atoms with Gasteiger partial charge in [-0.1, -0.05) is 16.9 Å². The molecule has 2 aliphatic rings. The van der Waals surface area contributed by atoms with E-state index < -0.39 is 18.0 Å². The molecule has 2 atom stereocenters. The first-order chi connectivity index (χ1) is 13.9. The number of allylic oxidation sites excluding steroid dienone is 1. The van der Waals surface area contributed by atoms with Crippen molar-refractivity contribution in [2.24, 2.45) is 5.73 Å². The number of nitrogens with two attached hydrogens (primary N) is 1. The summed E-state index contributed by atoms with van der Waals surface area (Å²) in [4.78, 5) is 35.8. The summed E-state index contributed by atoms with van der Waals surface area (Å²) in [7, 11) is 0. The second-order valence-corrected chi connectivity index (χ2v) is 8.36. The standard InChI is InChI=1S/C17H15N5O5S2/c18-13-15(25)22-14(17(26)27)9(8-29-16(13)22)3-6-28-10-1-2-11-20(7-12(23)24)4-5-21(11)19-10/h1-6,13,16H,7-8,18H2,(H-,23,24,26,27)/p+1/b6-3+/t13-,16-/m1/s1. The molecule has 10 nitrogen and oxygen atoms in total. The average Bonchev–Trinajstić information content (AvgIpc) is 3.08. The van der Waals surface area contributed by atoms with E-state index in [1.807, 2.05) is 0 Å². The number of amides is 1. The number of β-lactam (4-membered cyclic amide) rings is 1. The van der Waals surface area contributed by atoms with Crippen LogP contribution in [0.4, 0.5) is 0 Å². The summed E-state index contributed by atoms with van der Waals surface area (Å²) < 4.78 is 3.14. The summed E-state index contributed by atoms with van der Waals surface area (Å²) in [5.41, 5.74) is 6.89. The van der Waals surface area contributed by atoms with Crippen LogP contribution in [0.2, 0.25) is 0 Å². The number of aromatic nitrogens is 3. The topological polar surface area (TPSA) is 142 Å².